The first kappa shape index (κ1) is 10.9. The number of aliphatic hydroxyl groups is 1. The third kappa shape index (κ3) is 6.28. The van der Waals surface area contributed by atoms with Crippen LogP contribution in [0.25, 0.3) is 0 Å². The van der Waals surface area contributed by atoms with Crippen LogP contribution < -0.4 is 5.73 Å². The van der Waals surface area contributed by atoms with Gasteiger partial charge in [0.2, 0.25) is 0 Å². The summed E-state index contributed by atoms with van der Waals surface area (Å²) in [6, 6.07) is -0.362. The molecule has 0 amide bonds. The van der Waals surface area contributed by atoms with E-state index in [1.165, 1.54) is 6.92 Å². The first-order valence-electron chi connectivity index (χ1n) is 3.47. The number of nitrogens with two attached hydrogens (primary N) is 1. The highest BCUT2D eigenvalue weighted by Gasteiger charge is 2.15. The molecule has 0 aliphatic rings. The van der Waals surface area contributed by atoms with E-state index in [0.717, 1.165) is 0 Å². The first-order chi connectivity index (χ1) is 4.83. The molecule has 0 aliphatic carbocycles. The Morgan fingerprint density at radius 3 is 2.09 bits per heavy atom. The Morgan fingerprint density at radius 2 is 1.82 bits per heavy atom. The molecule has 0 rings (SSSR count). The average Bonchev–Trinajstić information content (AvgIpc) is 1.53. The minimum atomic E-state index is -3.16. The number of rotatable bonds is 4. The third-order valence-electron chi connectivity index (χ3n) is 1.01. The lowest BCUT2D eigenvalue weighted by Gasteiger charge is -2.07. The Bertz CT molecular complexity index is 180. The van der Waals surface area contributed by atoms with Gasteiger partial charge < -0.3 is 10.8 Å². The maximum absolute atomic E-state index is 11.0. The van der Waals surface area contributed by atoms with Gasteiger partial charge in [0.1, 0.15) is 0 Å². The van der Waals surface area contributed by atoms with E-state index in [9.17, 15) is 8.42 Å². The van der Waals surface area contributed by atoms with Crippen LogP contribution in [0.4, 0.5) is 0 Å². The molecule has 0 aromatic carbocycles. The van der Waals surface area contributed by atoms with Crippen LogP contribution in [0, 0.1) is 0 Å². The molecule has 2 unspecified atom stereocenters. The number of sulfone groups is 1. The maximum Gasteiger partial charge on any atom is 0.154 e. The summed E-state index contributed by atoms with van der Waals surface area (Å²) < 4.78 is 22.0. The van der Waals surface area contributed by atoms with Gasteiger partial charge in [-0.05, 0) is 13.8 Å². The third-order valence-corrected chi connectivity index (χ3v) is 3.04. The zero-order chi connectivity index (χ0) is 9.07. The van der Waals surface area contributed by atoms with Crippen LogP contribution in [0.1, 0.15) is 13.8 Å². The van der Waals surface area contributed by atoms with Gasteiger partial charge >= 0.3 is 0 Å². The van der Waals surface area contributed by atoms with Gasteiger partial charge in [-0.25, -0.2) is 8.42 Å². The molecular formula is C6H15NO3S. The van der Waals surface area contributed by atoms with E-state index in [2.05, 4.69) is 0 Å². The molecule has 0 aliphatic heterocycles. The molecule has 68 valence electrons. The molecule has 0 spiro atoms. The largest absolute Gasteiger partial charge is 0.392 e. The zero-order valence-corrected chi connectivity index (χ0v) is 7.63. The number of hydrogen-bond acceptors (Lipinski definition) is 4. The van der Waals surface area contributed by atoms with Crippen molar-refractivity contribution in [1.82, 2.24) is 0 Å². The molecular weight excluding hydrogens is 166 g/mol. The van der Waals surface area contributed by atoms with Crippen molar-refractivity contribution in [2.75, 3.05) is 11.5 Å². The molecule has 0 radical (unpaired) electrons. The number of aliphatic hydroxyl groups excluding tert-OH is 1. The molecule has 11 heavy (non-hydrogen) atoms. The van der Waals surface area contributed by atoms with Gasteiger partial charge in [-0.15, -0.1) is 0 Å². The van der Waals surface area contributed by atoms with Crippen molar-refractivity contribution in [3.63, 3.8) is 0 Å². The van der Waals surface area contributed by atoms with Gasteiger partial charge in [0.05, 0.1) is 17.6 Å². The lowest BCUT2D eigenvalue weighted by Crippen LogP contribution is -2.30. The molecule has 0 saturated carbocycles. The van der Waals surface area contributed by atoms with Crippen molar-refractivity contribution in [2.24, 2.45) is 5.73 Å². The number of hydrogen-bond donors (Lipinski definition) is 2. The summed E-state index contributed by atoms with van der Waals surface area (Å²) in [5.74, 6) is -0.258. The highest BCUT2D eigenvalue weighted by Crippen LogP contribution is 1.95. The Hall–Kier alpha value is -0.130. The minimum absolute atomic E-state index is 0.0576. The lowest BCUT2D eigenvalue weighted by molar-refractivity contribution is 0.218. The molecule has 0 fully saturated rings. The topological polar surface area (TPSA) is 80.4 Å². The second-order valence-electron chi connectivity index (χ2n) is 2.90. The second kappa shape index (κ2) is 4.04. The fraction of sp³-hybridized carbons (Fsp3) is 1.00. The summed E-state index contributed by atoms with van der Waals surface area (Å²) in [7, 11) is -3.16. The maximum atomic E-state index is 11.0. The summed E-state index contributed by atoms with van der Waals surface area (Å²) in [6.45, 7) is 3.07. The minimum Gasteiger partial charge on any atom is -0.392 e. The van der Waals surface area contributed by atoms with Crippen molar-refractivity contribution in [1.29, 1.82) is 0 Å². The molecule has 5 heteroatoms. The molecule has 3 N–H and O–H groups in total. The van der Waals surface area contributed by atoms with E-state index >= 15 is 0 Å². The Labute approximate surface area is 67.3 Å². The average molecular weight is 181 g/mol. The van der Waals surface area contributed by atoms with Crippen LogP contribution in [0.3, 0.4) is 0 Å². The highest BCUT2D eigenvalue weighted by atomic mass is 32.2. The normalized spacial score (nSPS) is 17.8. The predicted molar refractivity (Wildman–Crippen MR) is 44.0 cm³/mol. The molecule has 0 saturated heterocycles. The van der Waals surface area contributed by atoms with Gasteiger partial charge in [0.25, 0.3) is 0 Å². The van der Waals surface area contributed by atoms with Crippen LogP contribution >= 0.6 is 0 Å². The molecule has 4 nitrogen and oxygen atoms in total. The Balaban J connectivity index is 4.03. The summed E-state index contributed by atoms with van der Waals surface area (Å²) in [5, 5.41) is 8.78. The summed E-state index contributed by atoms with van der Waals surface area (Å²) >= 11 is 0. The fourth-order valence-corrected chi connectivity index (χ4v) is 2.51. The highest BCUT2D eigenvalue weighted by molar-refractivity contribution is 7.91. The van der Waals surface area contributed by atoms with E-state index in [1.54, 1.807) is 6.92 Å². The van der Waals surface area contributed by atoms with Crippen molar-refractivity contribution in [3.05, 3.63) is 0 Å². The van der Waals surface area contributed by atoms with Crippen molar-refractivity contribution in [2.45, 2.75) is 26.0 Å². The SMILES string of the molecule is CC(N)CS(=O)(=O)CC(C)O. The van der Waals surface area contributed by atoms with Crippen LogP contribution in [0.5, 0.6) is 0 Å². The zero-order valence-electron chi connectivity index (χ0n) is 6.82. The first-order valence-corrected chi connectivity index (χ1v) is 5.29. The van der Waals surface area contributed by atoms with Gasteiger partial charge in [0, 0.05) is 6.04 Å². The standard InChI is InChI=1S/C6H15NO3S/c1-5(7)3-11(9,10)4-6(2)8/h5-6,8H,3-4,7H2,1-2H3. The monoisotopic (exact) mass is 181 g/mol. The summed E-state index contributed by atoms with van der Waals surface area (Å²) in [4.78, 5) is 0. The Kier molecular flexibility index (Phi) is 3.99. The molecule has 2 atom stereocenters. The van der Waals surface area contributed by atoms with Crippen molar-refractivity contribution in [3.8, 4) is 0 Å². The van der Waals surface area contributed by atoms with Gasteiger partial charge in [-0.1, -0.05) is 0 Å². The van der Waals surface area contributed by atoms with Gasteiger partial charge in [-0.3, -0.25) is 0 Å². The van der Waals surface area contributed by atoms with Gasteiger partial charge in [-0.2, -0.15) is 0 Å². The van der Waals surface area contributed by atoms with Gasteiger partial charge in [0.15, 0.2) is 9.84 Å². The van der Waals surface area contributed by atoms with Crippen molar-refractivity contribution >= 4 is 9.84 Å². The van der Waals surface area contributed by atoms with Crippen LogP contribution in [-0.4, -0.2) is 37.2 Å². The Morgan fingerprint density at radius 1 is 1.36 bits per heavy atom. The molecule has 0 heterocycles. The van der Waals surface area contributed by atoms with E-state index < -0.39 is 15.9 Å². The fourth-order valence-electron chi connectivity index (χ4n) is 0.836. The van der Waals surface area contributed by atoms with Crippen LogP contribution in [-0.2, 0) is 9.84 Å². The summed E-state index contributed by atoms with van der Waals surface area (Å²) in [6.07, 6.45) is -0.807. The second-order valence-corrected chi connectivity index (χ2v) is 5.06. The summed E-state index contributed by atoms with van der Waals surface area (Å²) in [5.41, 5.74) is 5.29. The van der Waals surface area contributed by atoms with Crippen molar-refractivity contribution < 1.29 is 13.5 Å². The quantitative estimate of drug-likeness (QED) is 0.590. The molecule has 0 aromatic rings. The van der Waals surface area contributed by atoms with Crippen LogP contribution in [0.15, 0.2) is 0 Å². The van der Waals surface area contributed by atoms with E-state index in [4.69, 9.17) is 10.8 Å². The van der Waals surface area contributed by atoms with Crippen LogP contribution in [0.2, 0.25) is 0 Å². The van der Waals surface area contributed by atoms with E-state index in [-0.39, 0.29) is 17.5 Å². The van der Waals surface area contributed by atoms with E-state index in [1.807, 2.05) is 0 Å². The van der Waals surface area contributed by atoms with E-state index in [0.29, 0.717) is 0 Å². The molecule has 0 bridgehead atoms. The smallest absolute Gasteiger partial charge is 0.154 e. The lowest BCUT2D eigenvalue weighted by atomic mass is 10.4. The predicted octanol–water partition coefficient (Wildman–Crippen LogP) is -0.871. The molecule has 0 aromatic heterocycles.